The zero-order valence-corrected chi connectivity index (χ0v) is 24.1. The first kappa shape index (κ1) is 24.5. The maximum absolute atomic E-state index is 10.6. The summed E-state index contributed by atoms with van der Waals surface area (Å²) >= 11 is 0. The van der Waals surface area contributed by atoms with Crippen LogP contribution in [-0.4, -0.2) is 17.2 Å². The Bertz CT molecular complexity index is 2060. The van der Waals surface area contributed by atoms with Gasteiger partial charge in [-0.1, -0.05) is 97.1 Å². The van der Waals surface area contributed by atoms with E-state index in [0.717, 1.165) is 33.4 Å². The van der Waals surface area contributed by atoms with Crippen molar-refractivity contribution >= 4 is 44.9 Å². The van der Waals surface area contributed by atoms with Crippen molar-refractivity contribution in [3.63, 3.8) is 0 Å². The number of hydrogen-bond acceptors (Lipinski definition) is 2. The fourth-order valence-corrected chi connectivity index (χ4v) is 10.9. The molecular weight excluding hydrogens is 523 g/mol. The van der Waals surface area contributed by atoms with Gasteiger partial charge in [0.15, 0.2) is 0 Å². The highest BCUT2D eigenvalue weighted by atomic mass is 16.4. The molecule has 1 spiro atoms. The molecule has 4 fully saturated rings. The molecule has 6 aromatic rings. The predicted molar refractivity (Wildman–Crippen MR) is 177 cm³/mol. The van der Waals surface area contributed by atoms with Crippen molar-refractivity contribution in [1.29, 1.82) is 0 Å². The van der Waals surface area contributed by atoms with Gasteiger partial charge in [-0.3, -0.25) is 0 Å². The van der Waals surface area contributed by atoms with Crippen LogP contribution in [-0.2, 0) is 5.41 Å². The van der Waals surface area contributed by atoms with Gasteiger partial charge in [-0.15, -0.1) is 0 Å². The van der Waals surface area contributed by atoms with Gasteiger partial charge in [0.1, 0.15) is 0 Å². The van der Waals surface area contributed by atoms with Crippen LogP contribution in [0.1, 0.15) is 43.2 Å². The third-order valence-corrected chi connectivity index (χ3v) is 12.1. The van der Waals surface area contributed by atoms with Gasteiger partial charge in [0.2, 0.25) is 0 Å². The summed E-state index contributed by atoms with van der Waals surface area (Å²) in [4.78, 5) is 0. The van der Waals surface area contributed by atoms with Gasteiger partial charge in [0.05, 0.1) is 0 Å². The van der Waals surface area contributed by atoms with Crippen LogP contribution in [0.3, 0.4) is 0 Å². The summed E-state index contributed by atoms with van der Waals surface area (Å²) in [6.45, 7) is 0. The SMILES string of the molecule is OB(O)c1c2ccccc2c(-c2cc3c(c4ccccc24)-c2ccccc2C32C3CC4CC(C3)CC2C4)c2ccccc12. The highest BCUT2D eigenvalue weighted by molar-refractivity contribution is 6.66. The summed E-state index contributed by atoms with van der Waals surface area (Å²) in [6, 6.07) is 37.6. The van der Waals surface area contributed by atoms with Crippen LogP contribution in [0, 0.1) is 23.7 Å². The Labute approximate surface area is 252 Å². The van der Waals surface area contributed by atoms with E-state index in [2.05, 4.69) is 78.9 Å². The Balaban J connectivity index is 1.38. The second-order valence-electron chi connectivity index (χ2n) is 13.9. The van der Waals surface area contributed by atoms with Crippen LogP contribution in [0.4, 0.5) is 0 Å². The lowest BCUT2D eigenvalue weighted by Crippen LogP contribution is -2.55. The molecule has 0 unspecified atom stereocenters. The molecule has 5 aliphatic carbocycles. The van der Waals surface area contributed by atoms with E-state index in [0.29, 0.717) is 17.3 Å². The van der Waals surface area contributed by atoms with Crippen LogP contribution >= 0.6 is 0 Å². The van der Waals surface area contributed by atoms with Crippen LogP contribution in [0.15, 0.2) is 103 Å². The largest absolute Gasteiger partial charge is 0.489 e. The Morgan fingerprint density at radius 1 is 0.488 bits per heavy atom. The van der Waals surface area contributed by atoms with Gasteiger partial charge in [-0.25, -0.2) is 0 Å². The molecule has 0 saturated heterocycles. The average Bonchev–Trinajstić information content (AvgIpc) is 3.32. The minimum absolute atomic E-state index is 0.0744. The molecule has 43 heavy (non-hydrogen) atoms. The van der Waals surface area contributed by atoms with E-state index in [1.165, 1.54) is 65.1 Å². The van der Waals surface area contributed by atoms with E-state index in [1.54, 1.807) is 11.1 Å². The smallest absolute Gasteiger partial charge is 0.423 e. The molecule has 0 heterocycles. The fraction of sp³-hybridized carbons (Fsp3) is 0.250. The number of benzene rings is 6. The van der Waals surface area contributed by atoms with Gasteiger partial charge in [-0.05, 0) is 133 Å². The molecule has 3 heteroatoms. The molecule has 0 amide bonds. The molecule has 4 saturated carbocycles. The quantitative estimate of drug-likeness (QED) is 0.167. The lowest BCUT2D eigenvalue weighted by atomic mass is 9.43. The molecule has 0 aliphatic heterocycles. The maximum Gasteiger partial charge on any atom is 0.489 e. The molecular formula is C40H33BO2. The summed E-state index contributed by atoms with van der Waals surface area (Å²) in [5.74, 6) is 3.19. The summed E-state index contributed by atoms with van der Waals surface area (Å²) in [5.41, 5.74) is 9.16. The standard InChI is InChI=1S/C40H33BO2/c42-41(43)39-31-13-5-3-11-29(31)37(30-12-4-6-14-32(30)39)34-22-36-38(28-10-2-1-9-27(28)34)33-15-7-8-16-35(33)40(36)25-18-23-17-24(20-25)21-26(40)19-23/h1-16,22-26,42-43H,17-21H2. The zero-order valence-electron chi connectivity index (χ0n) is 24.1. The second-order valence-corrected chi connectivity index (χ2v) is 13.9. The first-order valence-corrected chi connectivity index (χ1v) is 16.1. The van der Waals surface area contributed by atoms with E-state index < -0.39 is 7.12 Å². The van der Waals surface area contributed by atoms with Crippen molar-refractivity contribution in [3.8, 4) is 22.3 Å². The summed E-state index contributed by atoms with van der Waals surface area (Å²) < 4.78 is 0. The molecule has 2 nitrogen and oxygen atoms in total. The zero-order chi connectivity index (χ0) is 28.4. The van der Waals surface area contributed by atoms with E-state index >= 15 is 0 Å². The first-order chi connectivity index (χ1) is 21.1. The van der Waals surface area contributed by atoms with Crippen molar-refractivity contribution in [2.24, 2.45) is 23.7 Å². The van der Waals surface area contributed by atoms with Crippen LogP contribution < -0.4 is 5.46 Å². The van der Waals surface area contributed by atoms with Crippen molar-refractivity contribution in [2.75, 3.05) is 0 Å². The third-order valence-electron chi connectivity index (χ3n) is 12.1. The minimum Gasteiger partial charge on any atom is -0.423 e. The van der Waals surface area contributed by atoms with E-state index in [4.69, 9.17) is 0 Å². The average molecular weight is 557 g/mol. The minimum atomic E-state index is -1.55. The predicted octanol–water partition coefficient (Wildman–Crippen LogP) is 8.22. The number of rotatable bonds is 2. The Morgan fingerprint density at radius 3 is 1.56 bits per heavy atom. The number of hydrogen-bond donors (Lipinski definition) is 2. The highest BCUT2D eigenvalue weighted by Crippen LogP contribution is 2.70. The Morgan fingerprint density at radius 2 is 0.977 bits per heavy atom. The molecule has 4 bridgehead atoms. The van der Waals surface area contributed by atoms with Crippen LogP contribution in [0.5, 0.6) is 0 Å². The van der Waals surface area contributed by atoms with Crippen molar-refractivity contribution in [2.45, 2.75) is 37.5 Å². The molecule has 2 N–H and O–H groups in total. The van der Waals surface area contributed by atoms with Crippen molar-refractivity contribution in [3.05, 3.63) is 114 Å². The lowest BCUT2D eigenvalue weighted by Gasteiger charge is -2.61. The molecule has 0 atom stereocenters. The first-order valence-electron chi connectivity index (χ1n) is 16.1. The van der Waals surface area contributed by atoms with Gasteiger partial charge in [0.25, 0.3) is 0 Å². The van der Waals surface area contributed by atoms with E-state index in [9.17, 15) is 10.0 Å². The third kappa shape index (κ3) is 3.02. The van der Waals surface area contributed by atoms with Gasteiger partial charge in [0, 0.05) is 5.41 Å². The van der Waals surface area contributed by atoms with Crippen LogP contribution in [0.2, 0.25) is 0 Å². The topological polar surface area (TPSA) is 40.5 Å². The monoisotopic (exact) mass is 556 g/mol. The van der Waals surface area contributed by atoms with Gasteiger partial charge >= 0.3 is 7.12 Å². The van der Waals surface area contributed by atoms with Crippen molar-refractivity contribution in [1.82, 2.24) is 0 Å². The number of fused-ring (bicyclic) bond motifs is 7. The van der Waals surface area contributed by atoms with Crippen LogP contribution in [0.25, 0.3) is 54.6 Å². The summed E-state index contributed by atoms with van der Waals surface area (Å²) in [6.07, 6.45) is 6.88. The van der Waals surface area contributed by atoms with E-state index in [1.807, 2.05) is 24.3 Å². The second kappa shape index (κ2) is 8.59. The Hall–Kier alpha value is -3.92. The molecule has 208 valence electrons. The normalized spacial score (nSPS) is 26.5. The summed E-state index contributed by atoms with van der Waals surface area (Å²) in [5, 5.41) is 27.8. The van der Waals surface area contributed by atoms with Crippen molar-refractivity contribution < 1.29 is 10.0 Å². The molecule has 5 aliphatic rings. The Kier molecular flexibility index (Phi) is 4.90. The van der Waals surface area contributed by atoms with Gasteiger partial charge < -0.3 is 10.0 Å². The molecule has 0 aromatic heterocycles. The maximum atomic E-state index is 10.6. The molecule has 11 rings (SSSR count). The molecule has 0 radical (unpaired) electrons. The lowest BCUT2D eigenvalue weighted by molar-refractivity contribution is -0.0399. The van der Waals surface area contributed by atoms with E-state index in [-0.39, 0.29) is 5.41 Å². The van der Waals surface area contributed by atoms with Gasteiger partial charge in [-0.2, -0.15) is 0 Å². The fourth-order valence-electron chi connectivity index (χ4n) is 10.9. The molecule has 6 aromatic carbocycles. The highest BCUT2D eigenvalue weighted by Gasteiger charge is 2.61. The summed E-state index contributed by atoms with van der Waals surface area (Å²) in [7, 11) is -1.55.